The third kappa shape index (κ3) is 6.59. The molecule has 1 aromatic carbocycles. The number of anilines is 3. The Bertz CT molecular complexity index is 1130. The van der Waals surface area contributed by atoms with Crippen molar-refractivity contribution >= 4 is 29.0 Å². The van der Waals surface area contributed by atoms with Gasteiger partial charge in [0.05, 0.1) is 0 Å². The third-order valence-corrected chi connectivity index (χ3v) is 5.50. The molecule has 0 unspecified atom stereocenters. The smallest absolute Gasteiger partial charge is 0.330 e. The summed E-state index contributed by atoms with van der Waals surface area (Å²) in [5.41, 5.74) is 5.15. The number of nitrogen functional groups attached to an aromatic ring is 1. The number of aromatic amines is 1. The van der Waals surface area contributed by atoms with Gasteiger partial charge in [0.2, 0.25) is 5.91 Å². The summed E-state index contributed by atoms with van der Waals surface area (Å²) in [6, 6.07) is 6.58. The van der Waals surface area contributed by atoms with Crippen molar-refractivity contribution in [1.29, 1.82) is 0 Å². The summed E-state index contributed by atoms with van der Waals surface area (Å²) in [7, 11) is 0. The molecule has 9 heteroatoms. The van der Waals surface area contributed by atoms with Crippen LogP contribution in [0.3, 0.4) is 0 Å². The number of H-pyrrole nitrogens is 1. The van der Waals surface area contributed by atoms with Crippen LogP contribution in [-0.4, -0.2) is 27.9 Å². The molecule has 0 saturated carbocycles. The highest BCUT2D eigenvalue weighted by Crippen LogP contribution is 2.23. The number of carbonyl (C=O) groups excluding carboxylic acids is 2. The van der Waals surface area contributed by atoms with Gasteiger partial charge in [0, 0.05) is 29.8 Å². The predicted octanol–water partition coefficient (Wildman–Crippen LogP) is 3.74. The van der Waals surface area contributed by atoms with E-state index in [1.807, 2.05) is 13.8 Å². The molecule has 34 heavy (non-hydrogen) atoms. The minimum absolute atomic E-state index is 0.0239. The van der Waals surface area contributed by atoms with E-state index in [4.69, 9.17) is 5.73 Å². The number of rotatable bonds is 10. The lowest BCUT2D eigenvalue weighted by molar-refractivity contribution is -0.123. The first-order valence-corrected chi connectivity index (χ1v) is 11.9. The number of aromatic nitrogens is 2. The van der Waals surface area contributed by atoms with Crippen LogP contribution in [0.2, 0.25) is 0 Å². The molecule has 0 saturated heterocycles. The quantitative estimate of drug-likeness (QED) is 0.454. The fraction of sp³-hybridized carbons (Fsp3) is 0.520. The Morgan fingerprint density at radius 2 is 1.76 bits per heavy atom. The standard InChI is InChI=1S/C25H37N5O4/c1-6-8-10-15-29(19-20(26)30(14-9-7-2)24(34)28-21(19)31)22(32)17-12-11-13-18(16-17)27-23(33)25(3,4)5/h11-13,16H,6-10,14-15,26H2,1-5H3,(H,27,33)(H,28,31,34). The molecule has 0 aliphatic carbocycles. The van der Waals surface area contributed by atoms with Gasteiger partial charge in [-0.3, -0.25) is 23.9 Å². The minimum Gasteiger partial charge on any atom is -0.383 e. The number of hydrogen-bond acceptors (Lipinski definition) is 5. The van der Waals surface area contributed by atoms with Gasteiger partial charge in [-0.15, -0.1) is 0 Å². The Kier molecular flexibility index (Phi) is 9.23. The van der Waals surface area contributed by atoms with E-state index in [0.717, 1.165) is 19.3 Å². The van der Waals surface area contributed by atoms with E-state index in [0.29, 0.717) is 30.6 Å². The first kappa shape index (κ1) is 26.9. The molecule has 0 spiro atoms. The fourth-order valence-electron chi connectivity index (χ4n) is 3.42. The molecule has 9 nitrogen and oxygen atoms in total. The van der Waals surface area contributed by atoms with Gasteiger partial charge in [0.25, 0.3) is 11.5 Å². The summed E-state index contributed by atoms with van der Waals surface area (Å²) < 4.78 is 1.31. The van der Waals surface area contributed by atoms with Crippen LogP contribution >= 0.6 is 0 Å². The molecule has 186 valence electrons. The predicted molar refractivity (Wildman–Crippen MR) is 136 cm³/mol. The lowest BCUT2D eigenvalue weighted by atomic mass is 9.95. The topological polar surface area (TPSA) is 130 Å². The first-order chi connectivity index (χ1) is 16.0. The SMILES string of the molecule is CCCCCN(C(=O)c1cccc(NC(=O)C(C)(C)C)c1)c1c(N)n(CCCC)c(=O)[nH]c1=O. The van der Waals surface area contributed by atoms with E-state index in [-0.39, 0.29) is 24.0 Å². The number of unbranched alkanes of at least 4 members (excludes halogenated alkanes) is 3. The van der Waals surface area contributed by atoms with Crippen molar-refractivity contribution in [3.05, 3.63) is 50.7 Å². The van der Waals surface area contributed by atoms with Crippen molar-refractivity contribution in [1.82, 2.24) is 9.55 Å². The molecule has 0 radical (unpaired) electrons. The molecule has 0 aliphatic heterocycles. The van der Waals surface area contributed by atoms with Gasteiger partial charge in [-0.1, -0.05) is 59.9 Å². The van der Waals surface area contributed by atoms with Crippen LogP contribution in [0, 0.1) is 5.41 Å². The van der Waals surface area contributed by atoms with Crippen LogP contribution in [0.25, 0.3) is 0 Å². The first-order valence-electron chi connectivity index (χ1n) is 11.9. The maximum absolute atomic E-state index is 13.6. The second-order valence-electron chi connectivity index (χ2n) is 9.45. The van der Waals surface area contributed by atoms with Crippen LogP contribution < -0.4 is 27.2 Å². The minimum atomic E-state index is -0.697. The van der Waals surface area contributed by atoms with E-state index in [9.17, 15) is 19.2 Å². The van der Waals surface area contributed by atoms with Crippen molar-refractivity contribution < 1.29 is 9.59 Å². The largest absolute Gasteiger partial charge is 0.383 e. The van der Waals surface area contributed by atoms with Crippen LogP contribution in [0.15, 0.2) is 33.9 Å². The summed E-state index contributed by atoms with van der Waals surface area (Å²) in [5.74, 6) is -0.634. The van der Waals surface area contributed by atoms with E-state index in [2.05, 4.69) is 10.3 Å². The molecule has 4 N–H and O–H groups in total. The van der Waals surface area contributed by atoms with E-state index >= 15 is 0 Å². The number of nitrogens with two attached hydrogens (primary N) is 1. The summed E-state index contributed by atoms with van der Waals surface area (Å²) in [4.78, 5) is 54.8. The molecule has 0 bridgehead atoms. The maximum Gasteiger partial charge on any atom is 0.330 e. The molecule has 0 fully saturated rings. The fourth-order valence-corrected chi connectivity index (χ4v) is 3.42. The summed E-state index contributed by atoms with van der Waals surface area (Å²) in [6.45, 7) is 10.0. The second kappa shape index (κ2) is 11.7. The Balaban J connectivity index is 2.51. The number of carbonyl (C=O) groups is 2. The van der Waals surface area contributed by atoms with Gasteiger partial charge in [0.1, 0.15) is 5.82 Å². The Morgan fingerprint density at radius 3 is 2.38 bits per heavy atom. The van der Waals surface area contributed by atoms with Gasteiger partial charge >= 0.3 is 5.69 Å². The summed E-state index contributed by atoms with van der Waals surface area (Å²) in [6.07, 6.45) is 3.99. The molecular weight excluding hydrogens is 434 g/mol. The zero-order valence-electron chi connectivity index (χ0n) is 20.9. The van der Waals surface area contributed by atoms with Gasteiger partial charge in [-0.2, -0.15) is 0 Å². The van der Waals surface area contributed by atoms with Crippen LogP contribution in [-0.2, 0) is 11.3 Å². The second-order valence-corrected chi connectivity index (χ2v) is 9.45. The van der Waals surface area contributed by atoms with E-state index in [1.165, 1.54) is 9.47 Å². The van der Waals surface area contributed by atoms with Crippen LogP contribution in [0.4, 0.5) is 17.2 Å². The number of amides is 2. The van der Waals surface area contributed by atoms with Crippen LogP contribution in [0.1, 0.15) is 77.1 Å². The van der Waals surface area contributed by atoms with E-state index < -0.39 is 22.6 Å². The average Bonchev–Trinajstić information content (AvgIpc) is 2.77. The normalized spacial score (nSPS) is 11.3. The molecule has 1 aromatic heterocycles. The van der Waals surface area contributed by atoms with Crippen molar-refractivity contribution in [3.8, 4) is 0 Å². The lowest BCUT2D eigenvalue weighted by Crippen LogP contribution is -2.41. The number of benzene rings is 1. The maximum atomic E-state index is 13.6. The molecule has 0 atom stereocenters. The molecular formula is C25H37N5O4. The average molecular weight is 472 g/mol. The highest BCUT2D eigenvalue weighted by Gasteiger charge is 2.26. The van der Waals surface area contributed by atoms with Crippen molar-refractivity contribution in [2.24, 2.45) is 5.41 Å². The summed E-state index contributed by atoms with van der Waals surface area (Å²) >= 11 is 0. The third-order valence-electron chi connectivity index (χ3n) is 5.50. The zero-order valence-corrected chi connectivity index (χ0v) is 20.9. The Labute approximate surface area is 200 Å². The zero-order chi connectivity index (χ0) is 25.5. The highest BCUT2D eigenvalue weighted by molar-refractivity contribution is 6.08. The Hall–Kier alpha value is -3.36. The molecule has 1 heterocycles. The number of nitrogens with one attached hydrogen (secondary N) is 2. The summed E-state index contributed by atoms with van der Waals surface area (Å²) in [5, 5.41) is 2.82. The number of hydrogen-bond donors (Lipinski definition) is 3. The van der Waals surface area contributed by atoms with Gasteiger partial charge in [0.15, 0.2) is 5.69 Å². The molecule has 2 aromatic rings. The van der Waals surface area contributed by atoms with Crippen molar-refractivity contribution in [2.75, 3.05) is 22.5 Å². The van der Waals surface area contributed by atoms with E-state index in [1.54, 1.807) is 45.0 Å². The Morgan fingerprint density at radius 1 is 1.09 bits per heavy atom. The monoisotopic (exact) mass is 471 g/mol. The van der Waals surface area contributed by atoms with Gasteiger partial charge in [-0.05, 0) is 31.0 Å². The van der Waals surface area contributed by atoms with Crippen molar-refractivity contribution in [3.63, 3.8) is 0 Å². The highest BCUT2D eigenvalue weighted by atomic mass is 16.2. The molecule has 2 amide bonds. The van der Waals surface area contributed by atoms with Crippen LogP contribution in [0.5, 0.6) is 0 Å². The molecule has 0 aliphatic rings. The van der Waals surface area contributed by atoms with Crippen molar-refractivity contribution in [2.45, 2.75) is 73.3 Å². The lowest BCUT2D eigenvalue weighted by Gasteiger charge is -2.25. The molecule has 2 rings (SSSR count). The van der Waals surface area contributed by atoms with Gasteiger partial charge in [-0.25, -0.2) is 4.79 Å². The van der Waals surface area contributed by atoms with Gasteiger partial charge < -0.3 is 16.0 Å². The number of nitrogens with zero attached hydrogens (tertiary/aromatic N) is 2.